The van der Waals surface area contributed by atoms with Crippen LogP contribution in [0.5, 0.6) is 0 Å². The van der Waals surface area contributed by atoms with Crippen molar-refractivity contribution in [2.45, 2.75) is 33.3 Å². The molecular weight excluding hydrogens is 244 g/mol. The summed E-state index contributed by atoms with van der Waals surface area (Å²) >= 11 is 0. The molecule has 0 amide bonds. The Labute approximate surface area is 121 Å². The van der Waals surface area contributed by atoms with Gasteiger partial charge in [0, 0.05) is 11.1 Å². The van der Waals surface area contributed by atoms with Gasteiger partial charge in [-0.05, 0) is 27.7 Å². The maximum Gasteiger partial charge on any atom is 0.176 e. The molecule has 2 rings (SSSR count). The fourth-order valence-corrected chi connectivity index (χ4v) is 2.70. The van der Waals surface area contributed by atoms with Gasteiger partial charge in [0.1, 0.15) is 0 Å². The van der Waals surface area contributed by atoms with Crippen molar-refractivity contribution in [3.63, 3.8) is 0 Å². The molecule has 2 aromatic rings. The molecule has 0 heterocycles. The number of benzene rings is 2. The third-order valence-corrected chi connectivity index (χ3v) is 3.49. The second-order valence-corrected chi connectivity index (χ2v) is 5.61. The fraction of sp³-hybridized carbons (Fsp3) is 0.263. The molecule has 102 valence electrons. The zero-order chi connectivity index (χ0) is 14.9. The van der Waals surface area contributed by atoms with Gasteiger partial charge in [0.25, 0.3) is 0 Å². The van der Waals surface area contributed by atoms with Gasteiger partial charge in [0.05, 0.1) is 0 Å². The predicted octanol–water partition coefficient (Wildman–Crippen LogP) is 3.79. The monoisotopic (exact) mass is 264 g/mol. The van der Waals surface area contributed by atoms with Crippen molar-refractivity contribution in [2.75, 3.05) is 0 Å². The molecule has 0 aliphatic rings. The van der Waals surface area contributed by atoms with Crippen LogP contribution >= 0.6 is 0 Å². The van der Waals surface area contributed by atoms with Crippen LogP contribution in [0.2, 0.25) is 0 Å². The van der Waals surface area contributed by atoms with E-state index < -0.39 is 5.60 Å². The van der Waals surface area contributed by atoms with Gasteiger partial charge in [0.2, 0.25) is 0 Å². The highest BCUT2D eigenvalue weighted by Gasteiger charge is 2.29. The van der Waals surface area contributed by atoms with Crippen molar-refractivity contribution < 1.29 is 5.11 Å². The minimum absolute atomic E-state index is 0.752. The van der Waals surface area contributed by atoms with E-state index in [4.69, 9.17) is 6.42 Å². The van der Waals surface area contributed by atoms with E-state index in [0.29, 0.717) is 0 Å². The van der Waals surface area contributed by atoms with Crippen LogP contribution < -0.4 is 0 Å². The topological polar surface area (TPSA) is 20.2 Å². The fourth-order valence-electron chi connectivity index (χ4n) is 2.70. The van der Waals surface area contributed by atoms with Crippen molar-refractivity contribution in [1.82, 2.24) is 0 Å². The van der Waals surface area contributed by atoms with E-state index >= 15 is 0 Å². The number of hydrogen-bond donors (Lipinski definition) is 1. The lowest BCUT2D eigenvalue weighted by molar-refractivity contribution is 0.145. The van der Waals surface area contributed by atoms with Crippen molar-refractivity contribution in [1.29, 1.82) is 0 Å². The van der Waals surface area contributed by atoms with E-state index in [-0.39, 0.29) is 0 Å². The van der Waals surface area contributed by atoms with Crippen LogP contribution in [0.3, 0.4) is 0 Å². The maximum absolute atomic E-state index is 11.0. The van der Waals surface area contributed by atoms with Gasteiger partial charge in [-0.1, -0.05) is 64.6 Å². The van der Waals surface area contributed by atoms with Crippen LogP contribution in [0.4, 0.5) is 0 Å². The first-order valence-electron chi connectivity index (χ1n) is 6.73. The molecule has 0 radical (unpaired) electrons. The first-order chi connectivity index (χ1) is 9.35. The Balaban J connectivity index is 2.67. The molecule has 1 nitrogen and oxygen atoms in total. The van der Waals surface area contributed by atoms with Crippen molar-refractivity contribution >= 4 is 0 Å². The molecule has 0 aromatic heterocycles. The molecule has 0 atom stereocenters. The minimum atomic E-state index is -1.38. The van der Waals surface area contributed by atoms with E-state index in [2.05, 4.69) is 18.1 Å². The van der Waals surface area contributed by atoms with Gasteiger partial charge in [0.15, 0.2) is 5.60 Å². The Morgan fingerprint density at radius 2 is 1.05 bits per heavy atom. The van der Waals surface area contributed by atoms with Crippen LogP contribution in [0.1, 0.15) is 33.4 Å². The van der Waals surface area contributed by atoms with E-state index in [1.807, 2.05) is 52.0 Å². The molecule has 0 saturated heterocycles. The average molecular weight is 264 g/mol. The van der Waals surface area contributed by atoms with E-state index in [9.17, 15) is 5.11 Å². The summed E-state index contributed by atoms with van der Waals surface area (Å²) in [5.74, 6) is 2.58. The number of terminal acetylenes is 1. The van der Waals surface area contributed by atoms with Gasteiger partial charge < -0.3 is 5.11 Å². The molecule has 0 unspecified atom stereocenters. The van der Waals surface area contributed by atoms with E-state index in [1.54, 1.807) is 0 Å². The lowest BCUT2D eigenvalue weighted by Gasteiger charge is -2.25. The first kappa shape index (κ1) is 14.4. The van der Waals surface area contributed by atoms with Gasteiger partial charge >= 0.3 is 0 Å². The lowest BCUT2D eigenvalue weighted by Crippen LogP contribution is -2.25. The Morgan fingerprint density at radius 3 is 1.30 bits per heavy atom. The minimum Gasteiger partial charge on any atom is -0.369 e. The standard InChI is InChI=1S/C19H20O/c1-6-19(20,17-9-13(2)7-14(3)10-17)18-11-15(4)8-16(5)12-18/h1,7-12,20H,2-5H3. The number of rotatable bonds is 2. The normalized spacial score (nSPS) is 11.2. The predicted molar refractivity (Wildman–Crippen MR) is 83.7 cm³/mol. The molecule has 20 heavy (non-hydrogen) atoms. The molecule has 0 aliphatic carbocycles. The highest BCUT2D eigenvalue weighted by atomic mass is 16.3. The van der Waals surface area contributed by atoms with Gasteiger partial charge in [-0.2, -0.15) is 0 Å². The zero-order valence-corrected chi connectivity index (χ0v) is 12.5. The second kappa shape index (κ2) is 5.15. The molecule has 0 fully saturated rings. The largest absolute Gasteiger partial charge is 0.369 e. The Kier molecular flexibility index (Phi) is 3.70. The maximum atomic E-state index is 11.0. The summed E-state index contributed by atoms with van der Waals surface area (Å²) in [5, 5.41) is 11.0. The summed E-state index contributed by atoms with van der Waals surface area (Å²) in [6.45, 7) is 8.04. The number of aliphatic hydroxyl groups is 1. The molecule has 1 heteroatoms. The highest BCUT2D eigenvalue weighted by Crippen LogP contribution is 2.31. The summed E-state index contributed by atoms with van der Waals surface area (Å²) in [6.07, 6.45) is 5.67. The summed E-state index contributed by atoms with van der Waals surface area (Å²) in [5.41, 5.74) is 4.50. The summed E-state index contributed by atoms with van der Waals surface area (Å²) in [4.78, 5) is 0. The van der Waals surface area contributed by atoms with Gasteiger partial charge in [-0.25, -0.2) is 0 Å². The number of hydrogen-bond acceptors (Lipinski definition) is 1. The molecule has 0 aliphatic heterocycles. The molecule has 0 spiro atoms. The molecule has 0 bridgehead atoms. The molecule has 2 aromatic carbocycles. The lowest BCUT2D eigenvalue weighted by atomic mass is 9.84. The molecule has 1 N–H and O–H groups in total. The van der Waals surface area contributed by atoms with E-state index in [0.717, 1.165) is 33.4 Å². The molecule has 0 saturated carbocycles. The molecular formula is C19H20O. The van der Waals surface area contributed by atoms with Crippen LogP contribution in [0, 0.1) is 40.0 Å². The third-order valence-electron chi connectivity index (χ3n) is 3.49. The summed E-state index contributed by atoms with van der Waals surface area (Å²) in [7, 11) is 0. The van der Waals surface area contributed by atoms with Crippen molar-refractivity contribution in [3.05, 3.63) is 69.8 Å². The van der Waals surface area contributed by atoms with Crippen molar-refractivity contribution in [3.8, 4) is 12.3 Å². The second-order valence-electron chi connectivity index (χ2n) is 5.61. The van der Waals surface area contributed by atoms with E-state index in [1.165, 1.54) is 0 Å². The number of aryl methyl sites for hydroxylation is 4. The van der Waals surface area contributed by atoms with Gasteiger partial charge in [-0.15, -0.1) is 6.42 Å². The first-order valence-corrected chi connectivity index (χ1v) is 6.73. The summed E-state index contributed by atoms with van der Waals surface area (Å²) < 4.78 is 0. The van der Waals surface area contributed by atoms with Crippen LogP contribution in [0.25, 0.3) is 0 Å². The van der Waals surface area contributed by atoms with Crippen LogP contribution in [-0.4, -0.2) is 5.11 Å². The van der Waals surface area contributed by atoms with Gasteiger partial charge in [-0.3, -0.25) is 0 Å². The average Bonchev–Trinajstić information content (AvgIpc) is 2.35. The SMILES string of the molecule is C#CC(O)(c1cc(C)cc(C)c1)c1cc(C)cc(C)c1. The Hall–Kier alpha value is -2.04. The highest BCUT2D eigenvalue weighted by molar-refractivity contribution is 5.48. The van der Waals surface area contributed by atoms with Crippen molar-refractivity contribution in [2.24, 2.45) is 0 Å². The smallest absolute Gasteiger partial charge is 0.176 e. The quantitative estimate of drug-likeness (QED) is 0.818. The Morgan fingerprint density at radius 1 is 0.750 bits per heavy atom. The third kappa shape index (κ3) is 2.61. The van der Waals surface area contributed by atoms with Crippen LogP contribution in [-0.2, 0) is 5.60 Å². The Bertz CT molecular complexity index is 597. The zero-order valence-electron chi connectivity index (χ0n) is 12.5. The summed E-state index contributed by atoms with van der Waals surface area (Å²) in [6, 6.07) is 11.9. The van der Waals surface area contributed by atoms with Crippen LogP contribution in [0.15, 0.2) is 36.4 Å².